The summed E-state index contributed by atoms with van der Waals surface area (Å²) in [5, 5.41) is 18.8. The predicted octanol–water partition coefficient (Wildman–Crippen LogP) is 0.122. The van der Waals surface area contributed by atoms with Gasteiger partial charge < -0.3 is 0 Å². The number of rotatable bonds is 3. The summed E-state index contributed by atoms with van der Waals surface area (Å²) in [7, 11) is 3.61. The van der Waals surface area contributed by atoms with Crippen molar-refractivity contribution in [2.24, 2.45) is 14.1 Å². The van der Waals surface area contributed by atoms with Crippen LogP contribution in [0.25, 0.3) is 0 Å². The van der Waals surface area contributed by atoms with Gasteiger partial charge in [-0.15, -0.1) is 10.2 Å². The minimum atomic E-state index is -0.366. The molecule has 124 valence electrons. The first-order valence-corrected chi connectivity index (χ1v) is 7.68. The lowest BCUT2D eigenvalue weighted by Gasteiger charge is -2.21. The Morgan fingerprint density at radius 3 is 2.88 bits per heavy atom. The van der Waals surface area contributed by atoms with E-state index >= 15 is 0 Å². The summed E-state index contributed by atoms with van der Waals surface area (Å²) in [5.74, 6) is 1.17. The maximum Gasteiger partial charge on any atom is 0.280 e. The molecule has 0 radical (unpaired) electrons. The summed E-state index contributed by atoms with van der Waals surface area (Å²) in [5.41, 5.74) is 1.43. The Morgan fingerprint density at radius 1 is 1.29 bits per heavy atom. The zero-order valence-electron chi connectivity index (χ0n) is 13.4. The minimum absolute atomic E-state index is 0.235. The summed E-state index contributed by atoms with van der Waals surface area (Å²) >= 11 is 0. The lowest BCUT2D eigenvalue weighted by atomic mass is 9.94. The first-order valence-electron chi connectivity index (χ1n) is 7.68. The van der Waals surface area contributed by atoms with E-state index in [1.54, 1.807) is 17.9 Å². The van der Waals surface area contributed by atoms with E-state index < -0.39 is 0 Å². The fraction of sp³-hybridized carbons (Fsp3) is 0.429. The van der Waals surface area contributed by atoms with Crippen molar-refractivity contribution >= 4 is 11.9 Å². The molecule has 24 heavy (non-hydrogen) atoms. The van der Waals surface area contributed by atoms with Crippen LogP contribution in [0.3, 0.4) is 0 Å². The minimum Gasteiger partial charge on any atom is -0.288 e. The number of aromatic nitrogens is 8. The quantitative estimate of drug-likeness (QED) is 0.732. The molecule has 1 aliphatic heterocycles. The molecule has 0 saturated carbocycles. The number of carbonyl (C=O) groups excluding carboxylic acids is 1. The number of hydrogen-bond acceptors (Lipinski definition) is 6. The van der Waals surface area contributed by atoms with Gasteiger partial charge in [0.1, 0.15) is 5.82 Å². The highest BCUT2D eigenvalue weighted by Gasteiger charge is 2.24. The van der Waals surface area contributed by atoms with E-state index in [0.29, 0.717) is 11.9 Å². The highest BCUT2D eigenvalue weighted by atomic mass is 16.2. The third-order valence-electron chi connectivity index (χ3n) is 4.11. The second-order valence-corrected chi connectivity index (χ2v) is 5.95. The van der Waals surface area contributed by atoms with Crippen molar-refractivity contribution in [3.63, 3.8) is 0 Å². The topological polar surface area (TPSA) is 108 Å². The molecule has 1 amide bonds. The largest absolute Gasteiger partial charge is 0.288 e. The van der Waals surface area contributed by atoms with Gasteiger partial charge in [0.15, 0.2) is 5.69 Å². The van der Waals surface area contributed by atoms with Crippen molar-refractivity contribution in [3.05, 3.63) is 35.7 Å². The summed E-state index contributed by atoms with van der Waals surface area (Å²) in [6, 6.07) is 0. The van der Waals surface area contributed by atoms with Crippen LogP contribution in [-0.4, -0.2) is 45.4 Å². The van der Waals surface area contributed by atoms with Gasteiger partial charge in [-0.05, 0) is 12.0 Å². The Labute approximate surface area is 137 Å². The fourth-order valence-electron chi connectivity index (χ4n) is 2.90. The summed E-state index contributed by atoms with van der Waals surface area (Å²) in [6.45, 7) is 0.731. The second-order valence-electron chi connectivity index (χ2n) is 5.95. The van der Waals surface area contributed by atoms with Crippen LogP contribution in [0, 0.1) is 0 Å². The van der Waals surface area contributed by atoms with Crippen LogP contribution >= 0.6 is 0 Å². The Balaban J connectivity index is 1.49. The van der Waals surface area contributed by atoms with Gasteiger partial charge in [0, 0.05) is 32.6 Å². The SMILES string of the molecule is Cn1cc(C2CCc3nc(NC(=O)c4cn(C)nn4)nn3C2)cn1. The molecular weight excluding hydrogens is 310 g/mol. The van der Waals surface area contributed by atoms with E-state index in [-0.39, 0.29) is 11.6 Å². The highest BCUT2D eigenvalue weighted by Crippen LogP contribution is 2.28. The van der Waals surface area contributed by atoms with Crippen LogP contribution in [0.5, 0.6) is 0 Å². The number of anilines is 1. The first-order chi connectivity index (χ1) is 11.6. The summed E-state index contributed by atoms with van der Waals surface area (Å²) in [6.07, 6.45) is 7.27. The number of hydrogen-bond donors (Lipinski definition) is 1. The molecule has 0 aromatic carbocycles. The number of aryl methyl sites for hydroxylation is 3. The van der Waals surface area contributed by atoms with Crippen LogP contribution < -0.4 is 5.32 Å². The number of nitrogens with zero attached hydrogens (tertiary/aromatic N) is 8. The standard InChI is InChI=1S/C14H17N9O/c1-21-6-10(5-15-21)9-3-4-12-16-14(19-23(12)7-9)17-13(24)11-8-22(2)20-18-11/h5-6,8-9H,3-4,7H2,1-2H3,(H,17,19,24). The van der Waals surface area contributed by atoms with Crippen molar-refractivity contribution in [3.8, 4) is 0 Å². The smallest absolute Gasteiger partial charge is 0.280 e. The predicted molar refractivity (Wildman–Crippen MR) is 83.2 cm³/mol. The third kappa shape index (κ3) is 2.66. The Kier molecular flexibility index (Phi) is 3.36. The maximum atomic E-state index is 12.1. The molecule has 10 nitrogen and oxygen atoms in total. The lowest BCUT2D eigenvalue weighted by molar-refractivity contribution is 0.102. The van der Waals surface area contributed by atoms with Crippen LogP contribution in [0.2, 0.25) is 0 Å². The van der Waals surface area contributed by atoms with Crippen LogP contribution in [0.1, 0.15) is 34.2 Å². The molecule has 0 bridgehead atoms. The van der Waals surface area contributed by atoms with Gasteiger partial charge in [-0.2, -0.15) is 10.1 Å². The highest BCUT2D eigenvalue weighted by molar-refractivity contribution is 6.01. The van der Waals surface area contributed by atoms with Crippen molar-refractivity contribution < 1.29 is 4.79 Å². The molecule has 3 aromatic heterocycles. The Morgan fingerprint density at radius 2 is 2.17 bits per heavy atom. The summed E-state index contributed by atoms with van der Waals surface area (Å²) < 4.78 is 5.13. The average molecular weight is 327 g/mol. The van der Waals surface area contributed by atoms with Gasteiger partial charge in [-0.3, -0.25) is 19.5 Å². The number of nitrogens with one attached hydrogen (secondary N) is 1. The molecule has 0 saturated heterocycles. The molecule has 4 rings (SSSR count). The molecule has 1 N–H and O–H groups in total. The van der Waals surface area contributed by atoms with Gasteiger partial charge in [0.25, 0.3) is 5.91 Å². The number of fused-ring (bicyclic) bond motifs is 1. The van der Waals surface area contributed by atoms with Crippen molar-refractivity contribution in [1.29, 1.82) is 0 Å². The zero-order chi connectivity index (χ0) is 16.7. The van der Waals surface area contributed by atoms with Crippen LogP contribution in [0.4, 0.5) is 5.95 Å². The van der Waals surface area contributed by atoms with Crippen molar-refractivity contribution in [2.75, 3.05) is 5.32 Å². The molecule has 10 heteroatoms. The molecule has 1 atom stereocenters. The normalized spacial score (nSPS) is 16.8. The molecular formula is C14H17N9O. The molecule has 0 fully saturated rings. The average Bonchev–Trinajstić information content (AvgIpc) is 3.25. The molecule has 4 heterocycles. The number of amides is 1. The van der Waals surface area contributed by atoms with Gasteiger partial charge in [-0.1, -0.05) is 5.21 Å². The monoisotopic (exact) mass is 327 g/mol. The third-order valence-corrected chi connectivity index (χ3v) is 4.11. The lowest BCUT2D eigenvalue weighted by Crippen LogP contribution is -2.19. The van der Waals surface area contributed by atoms with E-state index in [4.69, 9.17) is 0 Å². The van der Waals surface area contributed by atoms with Gasteiger partial charge in [0.05, 0.1) is 18.9 Å². The number of carbonyl (C=O) groups is 1. The van der Waals surface area contributed by atoms with Crippen LogP contribution in [0.15, 0.2) is 18.6 Å². The molecule has 0 spiro atoms. The van der Waals surface area contributed by atoms with E-state index in [2.05, 4.69) is 30.8 Å². The Hall–Kier alpha value is -3.04. The van der Waals surface area contributed by atoms with Crippen molar-refractivity contribution in [1.82, 2.24) is 39.5 Å². The first kappa shape index (κ1) is 14.5. The van der Waals surface area contributed by atoms with Gasteiger partial charge in [-0.25, -0.2) is 4.68 Å². The zero-order valence-corrected chi connectivity index (χ0v) is 13.4. The summed E-state index contributed by atoms with van der Waals surface area (Å²) in [4.78, 5) is 16.5. The molecule has 3 aromatic rings. The maximum absolute atomic E-state index is 12.1. The Bertz CT molecular complexity index is 890. The molecule has 0 aliphatic carbocycles. The van der Waals surface area contributed by atoms with Gasteiger partial charge >= 0.3 is 0 Å². The van der Waals surface area contributed by atoms with E-state index in [1.165, 1.54) is 10.2 Å². The fourth-order valence-corrected chi connectivity index (χ4v) is 2.90. The van der Waals surface area contributed by atoms with E-state index in [9.17, 15) is 4.79 Å². The van der Waals surface area contributed by atoms with E-state index in [1.807, 2.05) is 24.1 Å². The van der Waals surface area contributed by atoms with E-state index in [0.717, 1.165) is 25.2 Å². The van der Waals surface area contributed by atoms with Crippen molar-refractivity contribution in [2.45, 2.75) is 25.3 Å². The molecule has 1 unspecified atom stereocenters. The molecule has 1 aliphatic rings. The second kappa shape index (κ2) is 5.55. The van der Waals surface area contributed by atoms with Crippen LogP contribution in [-0.2, 0) is 27.1 Å². The van der Waals surface area contributed by atoms with Gasteiger partial charge in [0.2, 0.25) is 5.95 Å².